The lowest BCUT2D eigenvalue weighted by molar-refractivity contribution is 0.276. The number of anilines is 1. The molecule has 1 aromatic carbocycles. The van der Waals surface area contributed by atoms with Crippen LogP contribution in [0.2, 0.25) is 0 Å². The molecule has 2 nitrogen and oxygen atoms in total. The average molecular weight is 205 g/mol. The van der Waals surface area contributed by atoms with Crippen LogP contribution in [0.4, 0.5) is 18.9 Å². The molecule has 1 rings (SSSR count). The van der Waals surface area contributed by atoms with Gasteiger partial charge >= 0.3 is 0 Å². The Labute approximate surface area is 79.5 Å². The van der Waals surface area contributed by atoms with E-state index >= 15 is 0 Å². The van der Waals surface area contributed by atoms with E-state index in [0.717, 1.165) is 12.1 Å². The fourth-order valence-corrected chi connectivity index (χ4v) is 0.891. The third-order valence-electron chi connectivity index (χ3n) is 1.59. The molecule has 0 heterocycles. The first-order valence-corrected chi connectivity index (χ1v) is 4.08. The fraction of sp³-hybridized carbons (Fsp3) is 0.333. The summed E-state index contributed by atoms with van der Waals surface area (Å²) in [7, 11) is 0. The Kier molecular flexibility index (Phi) is 3.62. The van der Waals surface area contributed by atoms with Crippen molar-refractivity contribution < 1.29 is 17.9 Å². The number of rotatable bonds is 4. The standard InChI is InChI=1S/C9H10F3NO/c10-2-1-3-14-9-5-6(11)8(13)4-7(9)12/h4-5H,1-3,13H2. The minimum Gasteiger partial charge on any atom is -0.490 e. The van der Waals surface area contributed by atoms with Gasteiger partial charge in [-0.05, 0) is 0 Å². The van der Waals surface area contributed by atoms with Crippen molar-refractivity contribution in [3.8, 4) is 5.75 Å². The second-order valence-corrected chi connectivity index (χ2v) is 2.70. The van der Waals surface area contributed by atoms with Gasteiger partial charge in [0.1, 0.15) is 5.82 Å². The Morgan fingerprint density at radius 1 is 1.21 bits per heavy atom. The lowest BCUT2D eigenvalue weighted by atomic mass is 10.3. The molecule has 78 valence electrons. The topological polar surface area (TPSA) is 35.2 Å². The molecule has 14 heavy (non-hydrogen) atoms. The van der Waals surface area contributed by atoms with Crippen LogP contribution in [0, 0.1) is 11.6 Å². The first kappa shape index (κ1) is 10.7. The van der Waals surface area contributed by atoms with Crippen molar-refractivity contribution in [2.45, 2.75) is 6.42 Å². The maximum atomic E-state index is 13.0. The van der Waals surface area contributed by atoms with E-state index in [9.17, 15) is 13.2 Å². The van der Waals surface area contributed by atoms with Crippen molar-refractivity contribution in [3.05, 3.63) is 23.8 Å². The van der Waals surface area contributed by atoms with Gasteiger partial charge < -0.3 is 10.5 Å². The summed E-state index contributed by atoms with van der Waals surface area (Å²) in [6, 6.07) is 1.68. The number of hydrogen-bond acceptors (Lipinski definition) is 2. The van der Waals surface area contributed by atoms with Crippen LogP contribution in [-0.4, -0.2) is 13.3 Å². The van der Waals surface area contributed by atoms with Crippen molar-refractivity contribution in [3.63, 3.8) is 0 Å². The largest absolute Gasteiger partial charge is 0.490 e. The van der Waals surface area contributed by atoms with Gasteiger partial charge in [0.25, 0.3) is 0 Å². The first-order valence-electron chi connectivity index (χ1n) is 4.08. The molecule has 0 fully saturated rings. The second kappa shape index (κ2) is 4.74. The van der Waals surface area contributed by atoms with E-state index in [1.807, 2.05) is 0 Å². The quantitative estimate of drug-likeness (QED) is 0.604. The predicted octanol–water partition coefficient (Wildman–Crippen LogP) is 2.29. The summed E-state index contributed by atoms with van der Waals surface area (Å²) < 4.78 is 42.3. The molecule has 0 aliphatic rings. The molecule has 0 saturated carbocycles. The molecule has 0 atom stereocenters. The number of benzene rings is 1. The van der Waals surface area contributed by atoms with Gasteiger partial charge in [0.15, 0.2) is 11.6 Å². The zero-order valence-electron chi connectivity index (χ0n) is 7.40. The van der Waals surface area contributed by atoms with Gasteiger partial charge in [-0.25, -0.2) is 8.78 Å². The number of nitrogen functional groups attached to an aromatic ring is 1. The number of nitrogens with two attached hydrogens (primary N) is 1. The van der Waals surface area contributed by atoms with Crippen LogP contribution < -0.4 is 10.5 Å². The van der Waals surface area contributed by atoms with E-state index < -0.39 is 18.3 Å². The predicted molar refractivity (Wildman–Crippen MR) is 46.9 cm³/mol. The second-order valence-electron chi connectivity index (χ2n) is 2.70. The van der Waals surface area contributed by atoms with Crippen LogP contribution in [-0.2, 0) is 0 Å². The van der Waals surface area contributed by atoms with Gasteiger partial charge in [0.2, 0.25) is 0 Å². The molecule has 0 spiro atoms. The fourth-order valence-electron chi connectivity index (χ4n) is 0.891. The van der Waals surface area contributed by atoms with E-state index in [1.165, 1.54) is 0 Å². The van der Waals surface area contributed by atoms with Crippen molar-refractivity contribution in [2.24, 2.45) is 0 Å². The van der Waals surface area contributed by atoms with Gasteiger partial charge in [0, 0.05) is 18.6 Å². The SMILES string of the molecule is Nc1cc(F)c(OCCCF)cc1F. The van der Waals surface area contributed by atoms with Crippen LogP contribution in [0.15, 0.2) is 12.1 Å². The molecule has 0 aliphatic heterocycles. The van der Waals surface area contributed by atoms with Gasteiger partial charge in [-0.3, -0.25) is 4.39 Å². The third-order valence-corrected chi connectivity index (χ3v) is 1.59. The highest BCUT2D eigenvalue weighted by atomic mass is 19.1. The van der Waals surface area contributed by atoms with E-state index in [1.54, 1.807) is 0 Å². The Hall–Kier alpha value is -1.39. The zero-order valence-corrected chi connectivity index (χ0v) is 7.40. The lowest BCUT2D eigenvalue weighted by Gasteiger charge is -2.06. The molecule has 0 unspecified atom stereocenters. The summed E-state index contributed by atoms with van der Waals surface area (Å²) in [6.45, 7) is -0.546. The Bertz CT molecular complexity index is 317. The maximum Gasteiger partial charge on any atom is 0.167 e. The summed E-state index contributed by atoms with van der Waals surface area (Å²) >= 11 is 0. The maximum absolute atomic E-state index is 13.0. The summed E-state index contributed by atoms with van der Waals surface area (Å²) in [6.07, 6.45) is 0.144. The summed E-state index contributed by atoms with van der Waals surface area (Å²) in [5, 5.41) is 0. The molecule has 2 N–H and O–H groups in total. The number of halogens is 3. The Morgan fingerprint density at radius 2 is 1.93 bits per heavy atom. The molecule has 0 bridgehead atoms. The van der Waals surface area contributed by atoms with Gasteiger partial charge in [-0.2, -0.15) is 0 Å². The molecule has 0 saturated heterocycles. The van der Waals surface area contributed by atoms with Crippen molar-refractivity contribution in [1.82, 2.24) is 0 Å². The first-order chi connectivity index (χ1) is 6.65. The average Bonchev–Trinajstić information content (AvgIpc) is 2.14. The van der Waals surface area contributed by atoms with Crippen LogP contribution in [0.25, 0.3) is 0 Å². The highest BCUT2D eigenvalue weighted by Gasteiger charge is 2.08. The van der Waals surface area contributed by atoms with E-state index in [0.29, 0.717) is 0 Å². The highest BCUT2D eigenvalue weighted by Crippen LogP contribution is 2.22. The Morgan fingerprint density at radius 3 is 2.57 bits per heavy atom. The molecule has 0 aromatic heterocycles. The van der Waals surface area contributed by atoms with E-state index in [2.05, 4.69) is 0 Å². The molecule has 0 amide bonds. The molecule has 0 radical (unpaired) electrons. The van der Waals surface area contributed by atoms with Crippen LogP contribution in [0.1, 0.15) is 6.42 Å². The van der Waals surface area contributed by atoms with Crippen LogP contribution >= 0.6 is 0 Å². The van der Waals surface area contributed by atoms with E-state index in [4.69, 9.17) is 10.5 Å². The van der Waals surface area contributed by atoms with Gasteiger partial charge in [-0.1, -0.05) is 0 Å². The molecular formula is C9H10F3NO. The molecule has 5 heteroatoms. The Balaban J connectivity index is 2.72. The normalized spacial score (nSPS) is 10.2. The molecule has 0 aliphatic carbocycles. The van der Waals surface area contributed by atoms with Crippen LogP contribution in [0.5, 0.6) is 5.75 Å². The zero-order chi connectivity index (χ0) is 10.6. The summed E-state index contributed by atoms with van der Waals surface area (Å²) in [5.74, 6) is -1.74. The summed E-state index contributed by atoms with van der Waals surface area (Å²) in [4.78, 5) is 0. The number of hydrogen-bond donors (Lipinski definition) is 1. The molecular weight excluding hydrogens is 195 g/mol. The smallest absolute Gasteiger partial charge is 0.167 e. The van der Waals surface area contributed by atoms with E-state index in [-0.39, 0.29) is 24.5 Å². The minimum absolute atomic E-state index is 0.0107. The highest BCUT2D eigenvalue weighted by molar-refractivity contribution is 5.44. The molecule has 1 aromatic rings. The monoisotopic (exact) mass is 205 g/mol. The van der Waals surface area contributed by atoms with Crippen molar-refractivity contribution in [2.75, 3.05) is 19.0 Å². The van der Waals surface area contributed by atoms with Gasteiger partial charge in [0.05, 0.1) is 19.0 Å². The van der Waals surface area contributed by atoms with Crippen molar-refractivity contribution >= 4 is 5.69 Å². The number of ether oxygens (including phenoxy) is 1. The van der Waals surface area contributed by atoms with Crippen LogP contribution in [0.3, 0.4) is 0 Å². The summed E-state index contributed by atoms with van der Waals surface area (Å²) in [5.41, 5.74) is 4.84. The van der Waals surface area contributed by atoms with Gasteiger partial charge in [-0.15, -0.1) is 0 Å². The third kappa shape index (κ3) is 2.55. The minimum atomic E-state index is -0.748. The van der Waals surface area contributed by atoms with Crippen molar-refractivity contribution in [1.29, 1.82) is 0 Å². The number of alkyl halides is 1. The lowest BCUT2D eigenvalue weighted by Crippen LogP contribution is -2.02.